The highest BCUT2D eigenvalue weighted by Crippen LogP contribution is 2.30. The lowest BCUT2D eigenvalue weighted by Gasteiger charge is -2.41. The zero-order chi connectivity index (χ0) is 12.1. The first kappa shape index (κ1) is 12.9. The van der Waals surface area contributed by atoms with Crippen LogP contribution in [0, 0.1) is 0 Å². The van der Waals surface area contributed by atoms with Gasteiger partial charge in [-0.3, -0.25) is 4.79 Å². The smallest absolute Gasteiger partial charge is 0.242 e. The Kier molecular flexibility index (Phi) is 4.43. The summed E-state index contributed by atoms with van der Waals surface area (Å²) in [6.07, 6.45) is 9.44. The summed E-state index contributed by atoms with van der Waals surface area (Å²) < 4.78 is 0. The molecule has 98 valence electrons. The molecule has 0 radical (unpaired) electrons. The van der Waals surface area contributed by atoms with Crippen molar-refractivity contribution in [2.24, 2.45) is 0 Å². The maximum atomic E-state index is 12.7. The first-order chi connectivity index (χ1) is 8.28. The van der Waals surface area contributed by atoms with E-state index in [1.807, 2.05) is 0 Å². The largest absolute Gasteiger partial charge is 0.341 e. The number of rotatable bonds is 3. The van der Waals surface area contributed by atoms with Gasteiger partial charge in [0.1, 0.15) is 0 Å². The lowest BCUT2D eigenvalue weighted by atomic mass is 9.80. The Balaban J connectivity index is 2.05. The number of piperidine rings is 1. The molecule has 0 aromatic rings. The molecule has 3 heteroatoms. The Labute approximate surface area is 105 Å². The normalized spacial score (nSPS) is 24.6. The second-order valence-electron chi connectivity index (χ2n) is 5.53. The number of amides is 1. The molecule has 0 unspecified atom stereocenters. The minimum atomic E-state index is -0.218. The van der Waals surface area contributed by atoms with Gasteiger partial charge in [-0.15, -0.1) is 0 Å². The van der Waals surface area contributed by atoms with Gasteiger partial charge in [0.15, 0.2) is 0 Å². The van der Waals surface area contributed by atoms with Crippen molar-refractivity contribution < 1.29 is 4.79 Å². The zero-order valence-corrected chi connectivity index (χ0v) is 11.1. The number of hydrogen-bond acceptors (Lipinski definition) is 2. The van der Waals surface area contributed by atoms with Crippen LogP contribution in [0.4, 0.5) is 0 Å². The second-order valence-corrected chi connectivity index (χ2v) is 5.53. The van der Waals surface area contributed by atoms with Gasteiger partial charge in [-0.1, -0.05) is 26.2 Å². The van der Waals surface area contributed by atoms with Crippen LogP contribution in [-0.2, 0) is 4.79 Å². The van der Waals surface area contributed by atoms with Crippen molar-refractivity contribution in [2.75, 3.05) is 19.6 Å². The zero-order valence-electron chi connectivity index (χ0n) is 11.1. The maximum absolute atomic E-state index is 12.7. The monoisotopic (exact) mass is 238 g/mol. The second kappa shape index (κ2) is 5.85. The van der Waals surface area contributed by atoms with E-state index in [1.165, 1.54) is 38.5 Å². The van der Waals surface area contributed by atoms with Crippen LogP contribution in [0.3, 0.4) is 0 Å². The van der Waals surface area contributed by atoms with E-state index in [9.17, 15) is 4.79 Å². The molecule has 1 aliphatic heterocycles. The van der Waals surface area contributed by atoms with Gasteiger partial charge in [0.2, 0.25) is 5.91 Å². The fraction of sp³-hybridized carbons (Fsp3) is 0.929. The number of nitrogens with one attached hydrogen (secondary N) is 1. The molecule has 0 bridgehead atoms. The Bertz CT molecular complexity index is 247. The fourth-order valence-corrected chi connectivity index (χ4v) is 3.36. The summed E-state index contributed by atoms with van der Waals surface area (Å²) in [6, 6.07) is 0. The molecule has 1 N–H and O–H groups in total. The third kappa shape index (κ3) is 2.82. The number of likely N-dealkylation sites (N-methyl/N-ethyl adjacent to an activating group) is 1. The third-order valence-electron chi connectivity index (χ3n) is 4.27. The average Bonchev–Trinajstić information content (AvgIpc) is 2.40. The van der Waals surface area contributed by atoms with Crippen molar-refractivity contribution in [3.05, 3.63) is 0 Å². The number of nitrogens with zero attached hydrogens (tertiary/aromatic N) is 1. The Morgan fingerprint density at radius 2 is 1.65 bits per heavy atom. The Morgan fingerprint density at radius 3 is 2.24 bits per heavy atom. The molecule has 1 amide bonds. The molecule has 2 fully saturated rings. The number of likely N-dealkylation sites (tertiary alicyclic amines) is 1. The highest BCUT2D eigenvalue weighted by molar-refractivity contribution is 5.86. The highest BCUT2D eigenvalue weighted by atomic mass is 16.2. The molecular formula is C14H26N2O. The van der Waals surface area contributed by atoms with E-state index >= 15 is 0 Å². The quantitative estimate of drug-likeness (QED) is 0.818. The fourth-order valence-electron chi connectivity index (χ4n) is 3.36. The van der Waals surface area contributed by atoms with E-state index in [0.717, 1.165) is 32.5 Å². The predicted octanol–water partition coefficient (Wildman–Crippen LogP) is 2.31. The first-order valence-corrected chi connectivity index (χ1v) is 7.33. The van der Waals surface area contributed by atoms with Gasteiger partial charge in [-0.05, 0) is 38.6 Å². The number of carbonyl (C=O) groups is 1. The van der Waals surface area contributed by atoms with Gasteiger partial charge >= 0.3 is 0 Å². The van der Waals surface area contributed by atoms with Crippen LogP contribution in [0.1, 0.15) is 58.3 Å². The van der Waals surface area contributed by atoms with Crippen LogP contribution in [0.15, 0.2) is 0 Å². The highest BCUT2D eigenvalue weighted by Gasteiger charge is 2.41. The maximum Gasteiger partial charge on any atom is 0.242 e. The van der Waals surface area contributed by atoms with Crippen LogP contribution in [0.5, 0.6) is 0 Å². The lowest BCUT2D eigenvalue weighted by molar-refractivity contribution is -0.140. The molecule has 2 rings (SSSR count). The van der Waals surface area contributed by atoms with Crippen LogP contribution < -0.4 is 5.32 Å². The first-order valence-electron chi connectivity index (χ1n) is 7.33. The number of carbonyl (C=O) groups excluding carboxylic acids is 1. The molecule has 0 aromatic heterocycles. The Morgan fingerprint density at radius 1 is 1.06 bits per heavy atom. The summed E-state index contributed by atoms with van der Waals surface area (Å²) in [7, 11) is 0. The molecule has 0 aromatic carbocycles. The molecule has 17 heavy (non-hydrogen) atoms. The minimum Gasteiger partial charge on any atom is -0.341 e. The Hall–Kier alpha value is -0.570. The minimum absolute atomic E-state index is 0.218. The van der Waals surface area contributed by atoms with Crippen molar-refractivity contribution in [3.8, 4) is 0 Å². The van der Waals surface area contributed by atoms with Gasteiger partial charge in [0, 0.05) is 13.1 Å². The molecule has 1 heterocycles. The van der Waals surface area contributed by atoms with E-state index < -0.39 is 0 Å². The van der Waals surface area contributed by atoms with Crippen LogP contribution in [0.2, 0.25) is 0 Å². The van der Waals surface area contributed by atoms with Crippen molar-refractivity contribution in [1.29, 1.82) is 0 Å². The summed E-state index contributed by atoms with van der Waals surface area (Å²) in [5.74, 6) is 0.388. The van der Waals surface area contributed by atoms with Crippen molar-refractivity contribution in [3.63, 3.8) is 0 Å². The van der Waals surface area contributed by atoms with E-state index in [1.54, 1.807) is 0 Å². The summed E-state index contributed by atoms with van der Waals surface area (Å²) >= 11 is 0. The molecule has 0 atom stereocenters. The van der Waals surface area contributed by atoms with Crippen LogP contribution in [-0.4, -0.2) is 36.0 Å². The summed E-state index contributed by atoms with van der Waals surface area (Å²) in [4.78, 5) is 14.8. The SMILES string of the molecule is CCNC1(C(=O)N2CCCCC2)CCCCC1. The van der Waals surface area contributed by atoms with Gasteiger partial charge in [0.05, 0.1) is 5.54 Å². The van der Waals surface area contributed by atoms with Crippen LogP contribution in [0.25, 0.3) is 0 Å². The lowest BCUT2D eigenvalue weighted by Crippen LogP contribution is -2.59. The average molecular weight is 238 g/mol. The molecule has 0 spiro atoms. The topological polar surface area (TPSA) is 32.3 Å². The molecule has 1 saturated heterocycles. The van der Waals surface area contributed by atoms with E-state index in [0.29, 0.717) is 5.91 Å². The van der Waals surface area contributed by atoms with E-state index in [4.69, 9.17) is 0 Å². The summed E-state index contributed by atoms with van der Waals surface area (Å²) in [5, 5.41) is 3.50. The van der Waals surface area contributed by atoms with Crippen molar-refractivity contribution in [1.82, 2.24) is 10.2 Å². The van der Waals surface area contributed by atoms with Gasteiger partial charge < -0.3 is 10.2 Å². The third-order valence-corrected chi connectivity index (χ3v) is 4.27. The van der Waals surface area contributed by atoms with Crippen molar-refractivity contribution in [2.45, 2.75) is 63.8 Å². The predicted molar refractivity (Wildman–Crippen MR) is 69.9 cm³/mol. The van der Waals surface area contributed by atoms with Gasteiger partial charge in [-0.25, -0.2) is 0 Å². The molecular weight excluding hydrogens is 212 g/mol. The molecule has 1 aliphatic carbocycles. The molecule has 1 saturated carbocycles. The molecule has 2 aliphatic rings. The summed E-state index contributed by atoms with van der Waals surface area (Å²) in [6.45, 7) is 4.97. The van der Waals surface area contributed by atoms with Crippen molar-refractivity contribution >= 4 is 5.91 Å². The standard InChI is InChI=1S/C14H26N2O/c1-2-15-14(9-5-3-6-10-14)13(17)16-11-7-4-8-12-16/h15H,2-12H2,1H3. The summed E-state index contributed by atoms with van der Waals surface area (Å²) in [5.41, 5.74) is -0.218. The van der Waals surface area contributed by atoms with E-state index in [-0.39, 0.29) is 5.54 Å². The number of hydrogen-bond donors (Lipinski definition) is 1. The van der Waals surface area contributed by atoms with E-state index in [2.05, 4.69) is 17.1 Å². The molecule has 3 nitrogen and oxygen atoms in total. The van der Waals surface area contributed by atoms with Crippen LogP contribution >= 0.6 is 0 Å². The van der Waals surface area contributed by atoms with Gasteiger partial charge in [-0.2, -0.15) is 0 Å². The van der Waals surface area contributed by atoms with Gasteiger partial charge in [0.25, 0.3) is 0 Å².